The monoisotopic (exact) mass is 482 g/mol. The number of carbonyl (C=O) groups excluding carboxylic acids is 2. The number of carbonyl (C=O) groups is 4. The van der Waals surface area contributed by atoms with Crippen LogP contribution >= 0.6 is 0 Å². The van der Waals surface area contributed by atoms with Gasteiger partial charge in [-0.2, -0.15) is 0 Å². The van der Waals surface area contributed by atoms with Crippen LogP contribution in [0, 0.1) is 35.5 Å². The highest BCUT2D eigenvalue weighted by molar-refractivity contribution is 5.74. The van der Waals surface area contributed by atoms with Gasteiger partial charge in [0.1, 0.15) is 11.2 Å². The molecule has 0 aromatic heterocycles. The van der Waals surface area contributed by atoms with Crippen LogP contribution in [0.4, 0.5) is 9.59 Å². The summed E-state index contributed by atoms with van der Waals surface area (Å²) in [7, 11) is 0. The lowest BCUT2D eigenvalue weighted by Gasteiger charge is -2.35. The Morgan fingerprint density at radius 2 is 0.971 bits per heavy atom. The molecule has 2 amide bonds. The summed E-state index contributed by atoms with van der Waals surface area (Å²) in [4.78, 5) is 48.7. The van der Waals surface area contributed by atoms with Crippen LogP contribution in [0.5, 0.6) is 0 Å². The van der Waals surface area contributed by atoms with Crippen LogP contribution in [0.2, 0.25) is 0 Å². The molecule has 192 valence electrons. The molecule has 2 N–H and O–H groups in total. The van der Waals surface area contributed by atoms with Crippen molar-refractivity contribution < 1.29 is 38.9 Å². The second-order valence-corrected chi connectivity index (χ2v) is 12.0. The molecule has 6 atom stereocenters. The van der Waals surface area contributed by atoms with Crippen molar-refractivity contribution in [3.8, 4) is 0 Å². The number of ether oxygens (including phenoxy) is 2. The summed E-state index contributed by atoms with van der Waals surface area (Å²) in [5, 5.41) is 17.9. The van der Waals surface area contributed by atoms with Crippen molar-refractivity contribution in [2.24, 2.45) is 35.5 Å². The van der Waals surface area contributed by atoms with Gasteiger partial charge in [-0.25, -0.2) is 9.59 Å². The Morgan fingerprint density at radius 1 is 0.647 bits per heavy atom. The smallest absolute Gasteiger partial charge is 0.410 e. The quantitative estimate of drug-likeness (QED) is 0.613. The Labute approximate surface area is 200 Å². The van der Waals surface area contributed by atoms with Gasteiger partial charge in [0.05, 0.1) is 11.8 Å². The number of likely N-dealkylation sites (tertiary alicyclic amines) is 2. The largest absolute Gasteiger partial charge is 0.481 e. The zero-order valence-corrected chi connectivity index (χ0v) is 20.9. The fourth-order valence-corrected chi connectivity index (χ4v) is 5.33. The van der Waals surface area contributed by atoms with E-state index in [1.54, 1.807) is 9.80 Å². The first-order chi connectivity index (χ1) is 15.6. The molecule has 0 radical (unpaired) electrons. The molecule has 0 bridgehead atoms. The lowest BCUT2D eigenvalue weighted by Crippen LogP contribution is -2.40. The van der Waals surface area contributed by atoms with Gasteiger partial charge in [0, 0.05) is 26.2 Å². The highest BCUT2D eigenvalue weighted by Gasteiger charge is 2.52. The van der Waals surface area contributed by atoms with Gasteiger partial charge >= 0.3 is 24.1 Å². The molecule has 4 rings (SSSR count). The van der Waals surface area contributed by atoms with E-state index in [0.717, 1.165) is 0 Å². The number of hydrogen-bond acceptors (Lipinski definition) is 6. The van der Waals surface area contributed by atoms with E-state index in [9.17, 15) is 19.2 Å². The fraction of sp³-hybridized carbons (Fsp3) is 0.833. The van der Waals surface area contributed by atoms with Crippen molar-refractivity contribution in [2.45, 2.75) is 65.6 Å². The van der Waals surface area contributed by atoms with E-state index < -0.39 is 23.1 Å². The Hall–Kier alpha value is -2.52. The second-order valence-electron chi connectivity index (χ2n) is 12.0. The summed E-state index contributed by atoms with van der Waals surface area (Å²) in [5.41, 5.74) is -0.990. The van der Waals surface area contributed by atoms with E-state index in [4.69, 9.17) is 19.7 Å². The van der Waals surface area contributed by atoms with Crippen molar-refractivity contribution in [1.82, 2.24) is 9.80 Å². The summed E-state index contributed by atoms with van der Waals surface area (Å²) in [5.74, 6) is -1.07. The average molecular weight is 483 g/mol. The molecular weight excluding hydrogens is 444 g/mol. The van der Waals surface area contributed by atoms with Gasteiger partial charge in [-0.1, -0.05) is 0 Å². The van der Waals surface area contributed by atoms with Crippen LogP contribution in [-0.4, -0.2) is 81.5 Å². The molecule has 2 saturated carbocycles. The zero-order valence-electron chi connectivity index (χ0n) is 20.9. The standard InChI is InChI=1S/2C12H19NO4/c2*1-12(2,3)17-11(16)13-5-7-4-8(10(14)15)9(7)6-13/h2*7-9H,4-6H2,1-3H3,(H,14,15)/t2*7-,8+,9+/m10/s1. The van der Waals surface area contributed by atoms with E-state index in [1.165, 1.54) is 0 Å². The minimum Gasteiger partial charge on any atom is -0.481 e. The van der Waals surface area contributed by atoms with Crippen molar-refractivity contribution in [2.75, 3.05) is 26.2 Å². The maximum Gasteiger partial charge on any atom is 0.410 e. The third-order valence-corrected chi connectivity index (χ3v) is 7.07. The normalized spacial score (nSPS) is 31.7. The molecular formula is C24H38N2O8. The number of rotatable bonds is 2. The number of amides is 2. The molecule has 0 unspecified atom stereocenters. The molecule has 4 fully saturated rings. The summed E-state index contributed by atoms with van der Waals surface area (Å²) in [6, 6.07) is 0. The van der Waals surface area contributed by atoms with Gasteiger partial charge in [0.15, 0.2) is 0 Å². The number of fused-ring (bicyclic) bond motifs is 2. The van der Waals surface area contributed by atoms with Crippen LogP contribution in [0.3, 0.4) is 0 Å². The summed E-state index contributed by atoms with van der Waals surface area (Å²) < 4.78 is 10.6. The van der Waals surface area contributed by atoms with E-state index in [1.807, 2.05) is 41.5 Å². The summed E-state index contributed by atoms with van der Waals surface area (Å²) in [6.07, 6.45) is 0.741. The second kappa shape index (κ2) is 9.26. The summed E-state index contributed by atoms with van der Waals surface area (Å²) in [6.45, 7) is 13.3. The maximum absolute atomic E-state index is 11.8. The SMILES string of the molecule is CC(C)(C)OC(=O)N1C[C@@H]2C[C@@H](C(=O)O)[C@@H]2C1.CC(C)(C)OC(=O)N1C[C@H]2C[C@H](C(=O)O)[C@H]2C1. The first-order valence-electron chi connectivity index (χ1n) is 12.0. The molecule has 2 saturated heterocycles. The molecule has 2 heterocycles. The van der Waals surface area contributed by atoms with E-state index in [0.29, 0.717) is 50.9 Å². The molecule has 10 heteroatoms. The molecule has 2 aliphatic carbocycles. The number of nitrogens with zero attached hydrogens (tertiary/aromatic N) is 2. The third-order valence-electron chi connectivity index (χ3n) is 7.07. The molecule has 0 aromatic carbocycles. The minimum absolute atomic E-state index is 0.125. The number of hydrogen-bond donors (Lipinski definition) is 2. The van der Waals surface area contributed by atoms with Gasteiger partial charge < -0.3 is 29.5 Å². The zero-order chi connectivity index (χ0) is 25.6. The minimum atomic E-state index is -0.739. The molecule has 34 heavy (non-hydrogen) atoms. The third kappa shape index (κ3) is 5.93. The van der Waals surface area contributed by atoms with Gasteiger partial charge in [-0.15, -0.1) is 0 Å². The van der Waals surface area contributed by atoms with Crippen molar-refractivity contribution in [3.63, 3.8) is 0 Å². The van der Waals surface area contributed by atoms with Crippen LogP contribution in [0.25, 0.3) is 0 Å². The molecule has 0 aromatic rings. The molecule has 0 spiro atoms. The highest BCUT2D eigenvalue weighted by atomic mass is 16.6. The van der Waals surface area contributed by atoms with Gasteiger partial charge in [-0.3, -0.25) is 9.59 Å². The number of aliphatic carboxylic acids is 2. The molecule has 2 aliphatic heterocycles. The lowest BCUT2D eigenvalue weighted by molar-refractivity contribution is -0.150. The van der Waals surface area contributed by atoms with Crippen LogP contribution in [-0.2, 0) is 19.1 Å². The Morgan fingerprint density at radius 3 is 1.24 bits per heavy atom. The van der Waals surface area contributed by atoms with Crippen molar-refractivity contribution >= 4 is 24.1 Å². The molecule has 10 nitrogen and oxygen atoms in total. The van der Waals surface area contributed by atoms with Crippen LogP contribution in [0.15, 0.2) is 0 Å². The topological polar surface area (TPSA) is 134 Å². The van der Waals surface area contributed by atoms with Crippen molar-refractivity contribution in [1.29, 1.82) is 0 Å². The lowest BCUT2D eigenvalue weighted by atomic mass is 9.67. The van der Waals surface area contributed by atoms with Crippen LogP contribution < -0.4 is 0 Å². The van der Waals surface area contributed by atoms with Gasteiger partial charge in [0.2, 0.25) is 0 Å². The Kier molecular flexibility index (Phi) is 7.11. The summed E-state index contributed by atoms with van der Waals surface area (Å²) >= 11 is 0. The van der Waals surface area contributed by atoms with Gasteiger partial charge in [0.25, 0.3) is 0 Å². The van der Waals surface area contributed by atoms with Crippen LogP contribution in [0.1, 0.15) is 54.4 Å². The van der Waals surface area contributed by atoms with E-state index >= 15 is 0 Å². The van der Waals surface area contributed by atoms with E-state index in [2.05, 4.69) is 0 Å². The van der Waals surface area contributed by atoms with E-state index in [-0.39, 0.29) is 35.9 Å². The Balaban J connectivity index is 0.000000191. The number of carboxylic acid groups (broad SMARTS) is 2. The van der Waals surface area contributed by atoms with Crippen molar-refractivity contribution in [3.05, 3.63) is 0 Å². The average Bonchev–Trinajstić information content (AvgIpc) is 3.10. The Bertz CT molecular complexity index is 762. The maximum atomic E-state index is 11.8. The predicted molar refractivity (Wildman–Crippen MR) is 121 cm³/mol. The predicted octanol–water partition coefficient (Wildman–Crippen LogP) is 3.15. The number of carboxylic acids is 2. The van der Waals surface area contributed by atoms with Gasteiger partial charge in [-0.05, 0) is 78.1 Å². The first kappa shape index (κ1) is 26.1. The highest BCUT2D eigenvalue weighted by Crippen LogP contribution is 2.46. The fourth-order valence-electron chi connectivity index (χ4n) is 5.33. The molecule has 4 aliphatic rings. The first-order valence-corrected chi connectivity index (χ1v) is 12.0.